The van der Waals surface area contributed by atoms with Gasteiger partial charge in [-0.15, -0.1) is 0 Å². The molecule has 5 heteroatoms. The van der Waals surface area contributed by atoms with Gasteiger partial charge in [-0.1, -0.05) is 60.5 Å². The number of carbonyl (C=O) groups excluding carboxylic acids is 1. The Kier molecular flexibility index (Phi) is 7.83. The molecule has 2 heterocycles. The molecule has 0 spiro atoms. The summed E-state index contributed by atoms with van der Waals surface area (Å²) in [6, 6.07) is 22.6. The number of furan rings is 1. The number of carbonyl (C=O) groups is 1. The Bertz CT molecular complexity index is 1120. The Labute approximate surface area is 220 Å². The van der Waals surface area contributed by atoms with Crippen molar-refractivity contribution in [1.29, 1.82) is 0 Å². The molecule has 2 fully saturated rings. The average Bonchev–Trinajstić information content (AvgIpc) is 3.30. The summed E-state index contributed by atoms with van der Waals surface area (Å²) in [5.74, 6) is 1.70. The Morgan fingerprint density at radius 2 is 1.89 bits per heavy atom. The van der Waals surface area contributed by atoms with Crippen LogP contribution in [0.3, 0.4) is 0 Å². The highest BCUT2D eigenvalue weighted by Gasteiger charge is 2.56. The van der Waals surface area contributed by atoms with E-state index in [1.165, 1.54) is 56.3 Å². The zero-order valence-corrected chi connectivity index (χ0v) is 22.0. The summed E-state index contributed by atoms with van der Waals surface area (Å²) in [5, 5.41) is 0.758. The minimum absolute atomic E-state index is 0.0472. The number of halogens is 1. The lowest BCUT2D eigenvalue weighted by atomic mass is 9.89. The largest absolute Gasteiger partial charge is 0.459 e. The van der Waals surface area contributed by atoms with Gasteiger partial charge in [0.25, 0.3) is 5.91 Å². The number of likely N-dealkylation sites (tertiary alicyclic amines) is 1. The average molecular weight is 505 g/mol. The molecule has 0 bridgehead atoms. The van der Waals surface area contributed by atoms with E-state index < -0.39 is 0 Å². The van der Waals surface area contributed by atoms with E-state index in [0.717, 1.165) is 23.9 Å². The highest BCUT2D eigenvalue weighted by molar-refractivity contribution is 6.30. The van der Waals surface area contributed by atoms with Crippen LogP contribution in [0.2, 0.25) is 5.02 Å². The fourth-order valence-corrected chi connectivity index (χ4v) is 6.34. The lowest BCUT2D eigenvalue weighted by molar-refractivity contribution is 0.0744. The van der Waals surface area contributed by atoms with Crippen molar-refractivity contribution >= 4 is 17.5 Å². The lowest BCUT2D eigenvalue weighted by Crippen LogP contribution is -2.39. The zero-order valence-electron chi connectivity index (χ0n) is 21.2. The molecule has 190 valence electrons. The zero-order chi connectivity index (χ0) is 25.0. The van der Waals surface area contributed by atoms with Crippen molar-refractivity contribution in [1.82, 2.24) is 9.80 Å². The summed E-state index contributed by atoms with van der Waals surface area (Å²) >= 11 is 6.39. The molecular weight excluding hydrogens is 468 g/mol. The van der Waals surface area contributed by atoms with Crippen molar-refractivity contribution < 1.29 is 9.21 Å². The van der Waals surface area contributed by atoms with Gasteiger partial charge in [-0.2, -0.15) is 0 Å². The molecule has 5 rings (SSSR count). The standard InChI is InChI=1S/C31H37ClN2O2/c1-33(30(35)29-14-7-19-36-29)23-31(26-12-6-13-28(32)20-26)21-27(31)22-34-17-15-25(16-18-34)11-5-10-24-8-3-2-4-9-24/h2-4,6-9,12-14,19-20,25,27H,5,10-11,15-18,21-23H2,1H3/t27-,31+/m0/s1. The summed E-state index contributed by atoms with van der Waals surface area (Å²) in [7, 11) is 1.88. The molecule has 4 nitrogen and oxygen atoms in total. The van der Waals surface area contributed by atoms with Gasteiger partial charge in [0.2, 0.25) is 0 Å². The maximum Gasteiger partial charge on any atom is 0.289 e. The van der Waals surface area contributed by atoms with E-state index in [0.29, 0.717) is 18.2 Å². The predicted octanol–water partition coefficient (Wildman–Crippen LogP) is 6.70. The second kappa shape index (κ2) is 11.2. The number of hydrogen-bond acceptors (Lipinski definition) is 3. The molecule has 0 unspecified atom stereocenters. The van der Waals surface area contributed by atoms with Crippen LogP contribution in [0.1, 0.15) is 53.8 Å². The maximum absolute atomic E-state index is 12.9. The fraction of sp³-hybridized carbons (Fsp3) is 0.452. The lowest BCUT2D eigenvalue weighted by Gasteiger charge is -2.33. The number of rotatable bonds is 10. The van der Waals surface area contributed by atoms with Crippen LogP contribution in [0, 0.1) is 11.8 Å². The second-order valence-corrected chi connectivity index (χ2v) is 11.3. The van der Waals surface area contributed by atoms with Crippen LogP contribution in [-0.4, -0.2) is 48.9 Å². The number of amides is 1. The van der Waals surface area contributed by atoms with Crippen molar-refractivity contribution in [3.05, 3.63) is 94.9 Å². The number of aryl methyl sites for hydroxylation is 1. The molecule has 1 saturated carbocycles. The topological polar surface area (TPSA) is 36.7 Å². The molecule has 1 aliphatic carbocycles. The summed E-state index contributed by atoms with van der Waals surface area (Å²) in [6.45, 7) is 4.12. The highest BCUT2D eigenvalue weighted by atomic mass is 35.5. The van der Waals surface area contributed by atoms with Crippen LogP contribution in [0.4, 0.5) is 0 Å². The van der Waals surface area contributed by atoms with Crippen LogP contribution < -0.4 is 0 Å². The maximum atomic E-state index is 12.9. The molecule has 2 aliphatic rings. The van der Waals surface area contributed by atoms with E-state index >= 15 is 0 Å². The molecule has 2 atom stereocenters. The monoisotopic (exact) mass is 504 g/mol. The Hall–Kier alpha value is -2.56. The molecule has 1 amide bonds. The van der Waals surface area contributed by atoms with Crippen LogP contribution in [0.15, 0.2) is 77.4 Å². The molecule has 3 aromatic rings. The molecule has 0 radical (unpaired) electrons. The van der Waals surface area contributed by atoms with Gasteiger partial charge >= 0.3 is 0 Å². The summed E-state index contributed by atoms with van der Waals surface area (Å²) in [4.78, 5) is 17.4. The van der Waals surface area contributed by atoms with Crippen LogP contribution in [0.5, 0.6) is 0 Å². The van der Waals surface area contributed by atoms with E-state index in [2.05, 4.69) is 47.4 Å². The minimum atomic E-state index is -0.0663. The predicted molar refractivity (Wildman–Crippen MR) is 145 cm³/mol. The van der Waals surface area contributed by atoms with E-state index in [-0.39, 0.29) is 11.3 Å². The smallest absolute Gasteiger partial charge is 0.289 e. The Balaban J connectivity index is 1.16. The third-order valence-corrected chi connectivity index (χ3v) is 8.57. The van der Waals surface area contributed by atoms with Crippen molar-refractivity contribution in [3.8, 4) is 0 Å². The van der Waals surface area contributed by atoms with E-state index in [1.807, 2.05) is 24.1 Å². The molecule has 0 N–H and O–H groups in total. The SMILES string of the molecule is CN(C[C@@]1(c2cccc(Cl)c2)C[C@H]1CN1CCC(CCCc2ccccc2)CC1)C(=O)c1ccco1. The van der Waals surface area contributed by atoms with Crippen LogP contribution in [0.25, 0.3) is 0 Å². The van der Waals surface area contributed by atoms with Gasteiger partial charge < -0.3 is 14.2 Å². The van der Waals surface area contributed by atoms with Crippen molar-refractivity contribution in [2.75, 3.05) is 33.2 Å². The second-order valence-electron chi connectivity index (χ2n) is 10.8. The summed E-state index contributed by atoms with van der Waals surface area (Å²) in [6.07, 6.45) is 9.03. The molecule has 36 heavy (non-hydrogen) atoms. The van der Waals surface area contributed by atoms with Crippen molar-refractivity contribution in [3.63, 3.8) is 0 Å². The van der Waals surface area contributed by atoms with Gasteiger partial charge in [0, 0.05) is 30.6 Å². The van der Waals surface area contributed by atoms with E-state index in [4.69, 9.17) is 16.0 Å². The fourth-order valence-electron chi connectivity index (χ4n) is 6.15. The van der Waals surface area contributed by atoms with Crippen molar-refractivity contribution in [2.45, 2.75) is 43.9 Å². The van der Waals surface area contributed by atoms with Gasteiger partial charge in [0.1, 0.15) is 0 Å². The first-order valence-electron chi connectivity index (χ1n) is 13.3. The van der Waals surface area contributed by atoms with E-state index in [1.54, 1.807) is 18.4 Å². The van der Waals surface area contributed by atoms with Gasteiger partial charge in [0.05, 0.1) is 6.26 Å². The minimum Gasteiger partial charge on any atom is -0.459 e. The highest BCUT2D eigenvalue weighted by Crippen LogP contribution is 2.55. The number of piperidine rings is 1. The number of likely N-dealkylation sites (N-methyl/N-ethyl adjacent to an activating group) is 1. The molecule has 1 aromatic heterocycles. The molecule has 2 aromatic carbocycles. The number of benzene rings is 2. The first-order chi connectivity index (χ1) is 17.5. The van der Waals surface area contributed by atoms with Gasteiger partial charge in [-0.25, -0.2) is 0 Å². The Morgan fingerprint density at radius 1 is 1.08 bits per heavy atom. The van der Waals surface area contributed by atoms with Gasteiger partial charge in [0.15, 0.2) is 5.76 Å². The van der Waals surface area contributed by atoms with E-state index in [9.17, 15) is 4.79 Å². The molecule has 1 saturated heterocycles. The quantitative estimate of drug-likeness (QED) is 0.308. The van der Waals surface area contributed by atoms with Crippen LogP contribution >= 0.6 is 11.6 Å². The summed E-state index contributed by atoms with van der Waals surface area (Å²) in [5.41, 5.74) is 2.65. The van der Waals surface area contributed by atoms with Gasteiger partial charge in [-0.05, 0) is 92.4 Å². The summed E-state index contributed by atoms with van der Waals surface area (Å²) < 4.78 is 5.37. The third-order valence-electron chi connectivity index (χ3n) is 8.34. The number of hydrogen-bond donors (Lipinski definition) is 0. The number of nitrogens with zero attached hydrogens (tertiary/aromatic N) is 2. The Morgan fingerprint density at radius 3 is 2.61 bits per heavy atom. The van der Waals surface area contributed by atoms with Crippen LogP contribution in [-0.2, 0) is 11.8 Å². The van der Waals surface area contributed by atoms with Crippen molar-refractivity contribution in [2.24, 2.45) is 11.8 Å². The normalized spacial score (nSPS) is 22.4. The molecular formula is C31H37ClN2O2. The first kappa shape index (κ1) is 25.1. The van der Waals surface area contributed by atoms with Gasteiger partial charge in [-0.3, -0.25) is 4.79 Å². The first-order valence-corrected chi connectivity index (χ1v) is 13.7. The third kappa shape index (κ3) is 5.87. The molecule has 1 aliphatic heterocycles.